The summed E-state index contributed by atoms with van der Waals surface area (Å²) >= 11 is 0. The van der Waals surface area contributed by atoms with Crippen LogP contribution in [0, 0.1) is 0 Å². The lowest BCUT2D eigenvalue weighted by Crippen LogP contribution is -2.31. The van der Waals surface area contributed by atoms with Gasteiger partial charge in [0.25, 0.3) is 0 Å². The first-order valence-corrected chi connectivity index (χ1v) is 6.10. The Kier molecular flexibility index (Phi) is 5.16. The lowest BCUT2D eigenvalue weighted by atomic mass is 10.1. The minimum Gasteiger partial charge on any atom is -0.490 e. The van der Waals surface area contributed by atoms with E-state index >= 15 is 0 Å². The highest BCUT2D eigenvalue weighted by molar-refractivity contribution is 5.81. The first kappa shape index (κ1) is 14.5. The number of aldehydes is 1. The largest absolute Gasteiger partial charge is 0.490 e. The molecule has 1 atom stereocenters. The monoisotopic (exact) mass is 252 g/mol. The Labute approximate surface area is 108 Å². The predicted molar refractivity (Wildman–Crippen MR) is 69.4 cm³/mol. The topological polar surface area (TPSA) is 55.8 Å². The maximum absolute atomic E-state index is 11.0. The Morgan fingerprint density at radius 2 is 2.06 bits per heavy atom. The van der Waals surface area contributed by atoms with Gasteiger partial charge in [-0.2, -0.15) is 0 Å². The third-order valence-electron chi connectivity index (χ3n) is 2.73. The van der Waals surface area contributed by atoms with E-state index in [1.165, 1.54) is 0 Å². The van der Waals surface area contributed by atoms with E-state index in [1.807, 2.05) is 13.8 Å². The summed E-state index contributed by atoms with van der Waals surface area (Å²) < 4.78 is 11.0. The van der Waals surface area contributed by atoms with Crippen LogP contribution in [0.3, 0.4) is 0 Å². The summed E-state index contributed by atoms with van der Waals surface area (Å²) in [5.74, 6) is 0.914. The molecule has 0 aliphatic carbocycles. The van der Waals surface area contributed by atoms with Crippen molar-refractivity contribution in [3.05, 3.63) is 23.8 Å². The van der Waals surface area contributed by atoms with Gasteiger partial charge in [0, 0.05) is 0 Å². The van der Waals surface area contributed by atoms with Gasteiger partial charge in [-0.3, -0.25) is 4.79 Å². The van der Waals surface area contributed by atoms with Crippen molar-refractivity contribution in [2.24, 2.45) is 0 Å². The Morgan fingerprint density at radius 3 is 2.61 bits per heavy atom. The number of para-hydroxylation sites is 1. The van der Waals surface area contributed by atoms with E-state index in [9.17, 15) is 9.90 Å². The molecule has 1 N–H and O–H groups in total. The van der Waals surface area contributed by atoms with Crippen molar-refractivity contribution < 1.29 is 19.4 Å². The lowest BCUT2D eigenvalue weighted by Gasteiger charge is -2.23. The van der Waals surface area contributed by atoms with Gasteiger partial charge in [-0.1, -0.05) is 13.0 Å². The van der Waals surface area contributed by atoms with Gasteiger partial charge in [-0.25, -0.2) is 0 Å². The van der Waals surface area contributed by atoms with Crippen molar-refractivity contribution in [2.75, 3.05) is 13.2 Å². The van der Waals surface area contributed by atoms with Crippen molar-refractivity contribution >= 4 is 6.29 Å². The molecule has 0 spiro atoms. The van der Waals surface area contributed by atoms with Gasteiger partial charge in [-0.15, -0.1) is 0 Å². The fraction of sp³-hybridized carbons (Fsp3) is 0.500. The number of aliphatic hydroxyl groups is 1. The second-order valence-corrected chi connectivity index (χ2v) is 4.36. The predicted octanol–water partition coefficient (Wildman–Crippen LogP) is 2.44. The Balaban J connectivity index is 2.94. The summed E-state index contributed by atoms with van der Waals surface area (Å²) in [5, 5.41) is 9.91. The minimum absolute atomic E-state index is 0.119. The quantitative estimate of drug-likeness (QED) is 0.757. The van der Waals surface area contributed by atoms with E-state index in [2.05, 4.69) is 0 Å². The second kappa shape index (κ2) is 6.40. The zero-order valence-electron chi connectivity index (χ0n) is 11.1. The van der Waals surface area contributed by atoms with Crippen molar-refractivity contribution in [1.82, 2.24) is 0 Å². The summed E-state index contributed by atoms with van der Waals surface area (Å²) in [6.45, 7) is 6.03. The molecule has 0 heterocycles. The molecular weight excluding hydrogens is 232 g/mol. The highest BCUT2D eigenvalue weighted by atomic mass is 16.5. The van der Waals surface area contributed by atoms with E-state index in [4.69, 9.17) is 9.47 Å². The Morgan fingerprint density at radius 1 is 1.33 bits per heavy atom. The van der Waals surface area contributed by atoms with Crippen LogP contribution in [0.25, 0.3) is 0 Å². The summed E-state index contributed by atoms with van der Waals surface area (Å²) in [7, 11) is 0. The van der Waals surface area contributed by atoms with Crippen molar-refractivity contribution in [3.63, 3.8) is 0 Å². The van der Waals surface area contributed by atoms with Crippen LogP contribution in [0.5, 0.6) is 11.5 Å². The SMILES string of the molecule is CCOc1cccc(C=O)c1OCC(C)(O)CC. The van der Waals surface area contributed by atoms with E-state index in [0.29, 0.717) is 30.1 Å². The van der Waals surface area contributed by atoms with E-state index in [1.54, 1.807) is 25.1 Å². The van der Waals surface area contributed by atoms with Crippen molar-refractivity contribution in [2.45, 2.75) is 32.8 Å². The molecule has 0 fully saturated rings. The number of carbonyl (C=O) groups excluding carboxylic acids is 1. The molecule has 0 aromatic heterocycles. The van der Waals surface area contributed by atoms with Gasteiger partial charge in [0.15, 0.2) is 17.8 Å². The number of benzene rings is 1. The van der Waals surface area contributed by atoms with E-state index in [-0.39, 0.29) is 6.61 Å². The number of hydrogen-bond donors (Lipinski definition) is 1. The zero-order valence-corrected chi connectivity index (χ0v) is 11.1. The van der Waals surface area contributed by atoms with Crippen molar-refractivity contribution in [3.8, 4) is 11.5 Å². The standard InChI is InChI=1S/C14H20O4/c1-4-14(3,16)10-18-13-11(9-15)7-6-8-12(13)17-5-2/h6-9,16H,4-5,10H2,1-3H3. The number of rotatable bonds is 7. The van der Waals surface area contributed by atoms with Gasteiger partial charge in [0.1, 0.15) is 6.61 Å². The van der Waals surface area contributed by atoms with Crippen LogP contribution in [-0.2, 0) is 0 Å². The first-order chi connectivity index (χ1) is 8.54. The molecule has 1 unspecified atom stereocenters. The molecule has 0 aliphatic heterocycles. The van der Waals surface area contributed by atoms with Crippen LogP contribution in [0.2, 0.25) is 0 Å². The molecule has 18 heavy (non-hydrogen) atoms. The molecule has 100 valence electrons. The normalized spacial score (nSPS) is 13.8. The molecule has 0 saturated heterocycles. The average Bonchev–Trinajstić information content (AvgIpc) is 2.37. The molecule has 1 aromatic rings. The smallest absolute Gasteiger partial charge is 0.171 e. The third-order valence-corrected chi connectivity index (χ3v) is 2.73. The van der Waals surface area contributed by atoms with Crippen LogP contribution in [0.15, 0.2) is 18.2 Å². The molecule has 0 amide bonds. The minimum atomic E-state index is -0.917. The van der Waals surface area contributed by atoms with Crippen LogP contribution < -0.4 is 9.47 Å². The van der Waals surface area contributed by atoms with Crippen LogP contribution in [0.1, 0.15) is 37.6 Å². The highest BCUT2D eigenvalue weighted by Gasteiger charge is 2.20. The summed E-state index contributed by atoms with van der Waals surface area (Å²) in [6, 6.07) is 5.14. The summed E-state index contributed by atoms with van der Waals surface area (Å²) in [4.78, 5) is 11.0. The molecule has 4 heteroatoms. The lowest BCUT2D eigenvalue weighted by molar-refractivity contribution is 0.00740. The maximum atomic E-state index is 11.0. The Hall–Kier alpha value is -1.55. The Bertz CT molecular complexity index is 399. The fourth-order valence-electron chi connectivity index (χ4n) is 1.38. The highest BCUT2D eigenvalue weighted by Crippen LogP contribution is 2.31. The van der Waals surface area contributed by atoms with Gasteiger partial charge in [0.2, 0.25) is 0 Å². The molecular formula is C14H20O4. The second-order valence-electron chi connectivity index (χ2n) is 4.36. The van der Waals surface area contributed by atoms with Gasteiger partial charge >= 0.3 is 0 Å². The molecule has 0 saturated carbocycles. The molecule has 0 aliphatic rings. The average molecular weight is 252 g/mol. The number of carbonyl (C=O) groups is 1. The molecule has 1 aromatic carbocycles. The summed E-state index contributed by atoms with van der Waals surface area (Å²) in [6.07, 6.45) is 1.29. The fourth-order valence-corrected chi connectivity index (χ4v) is 1.38. The molecule has 0 radical (unpaired) electrons. The van der Waals surface area contributed by atoms with Crippen LogP contribution in [0.4, 0.5) is 0 Å². The number of ether oxygens (including phenoxy) is 2. The maximum Gasteiger partial charge on any atom is 0.171 e. The van der Waals surface area contributed by atoms with Crippen LogP contribution in [-0.4, -0.2) is 30.2 Å². The zero-order chi connectivity index (χ0) is 13.6. The van der Waals surface area contributed by atoms with Crippen molar-refractivity contribution in [1.29, 1.82) is 0 Å². The third kappa shape index (κ3) is 3.74. The van der Waals surface area contributed by atoms with E-state index < -0.39 is 5.60 Å². The van der Waals surface area contributed by atoms with Gasteiger partial charge in [-0.05, 0) is 32.4 Å². The van der Waals surface area contributed by atoms with Gasteiger partial charge in [0.05, 0.1) is 17.8 Å². The molecule has 1 rings (SSSR count). The van der Waals surface area contributed by atoms with Gasteiger partial charge < -0.3 is 14.6 Å². The van der Waals surface area contributed by atoms with E-state index in [0.717, 1.165) is 6.29 Å². The van der Waals surface area contributed by atoms with Crippen LogP contribution >= 0.6 is 0 Å². The molecule has 0 bridgehead atoms. The number of hydrogen-bond acceptors (Lipinski definition) is 4. The molecule has 4 nitrogen and oxygen atoms in total. The summed E-state index contributed by atoms with van der Waals surface area (Å²) in [5.41, 5.74) is -0.493. The first-order valence-electron chi connectivity index (χ1n) is 6.10.